The smallest absolute Gasteiger partial charge is 0.333 e. The number of nitrogens with zero attached hydrogens (tertiary/aromatic N) is 2. The molecule has 0 saturated heterocycles. The van der Waals surface area contributed by atoms with Crippen molar-refractivity contribution in [3.8, 4) is 5.75 Å². The number of hydrogen-bond donors (Lipinski definition) is 0. The molecule has 0 fully saturated rings. The van der Waals surface area contributed by atoms with Crippen LogP contribution < -0.4 is 19.5 Å². The van der Waals surface area contributed by atoms with Crippen molar-refractivity contribution >= 4 is 46.1 Å². The van der Waals surface area contributed by atoms with Crippen molar-refractivity contribution in [3.63, 3.8) is 0 Å². The van der Waals surface area contributed by atoms with Crippen molar-refractivity contribution in [1.82, 2.24) is 9.47 Å². The van der Waals surface area contributed by atoms with Crippen molar-refractivity contribution in [2.45, 2.75) is 46.3 Å². The van der Waals surface area contributed by atoms with Crippen molar-refractivity contribution in [2.75, 3.05) is 14.2 Å². The second-order valence-corrected chi connectivity index (χ2v) is 9.53. The summed E-state index contributed by atoms with van der Waals surface area (Å²) < 4.78 is 12.2. The van der Waals surface area contributed by atoms with Gasteiger partial charge in [0.1, 0.15) is 17.0 Å². The van der Waals surface area contributed by atoms with Crippen molar-refractivity contribution in [1.29, 1.82) is 0 Å². The lowest BCUT2D eigenvalue weighted by molar-refractivity contribution is -0.136. The second-order valence-electron chi connectivity index (χ2n) is 8.47. The molecular weight excluding hydrogens is 452 g/mol. The van der Waals surface area contributed by atoms with Gasteiger partial charge in [0.15, 0.2) is 0 Å². The minimum Gasteiger partial charge on any atom is -0.497 e. The molecule has 0 aliphatic rings. The summed E-state index contributed by atoms with van der Waals surface area (Å²) in [6.07, 6.45) is 3.02. The molecule has 1 amide bonds. The number of carbonyl (C=O) groups excluding carboxylic acids is 2. The minimum absolute atomic E-state index is 0.0165. The van der Waals surface area contributed by atoms with Gasteiger partial charge in [0, 0.05) is 12.1 Å². The van der Waals surface area contributed by atoms with Gasteiger partial charge in [-0.05, 0) is 68.3 Å². The molecule has 0 atom stereocenters. The number of ether oxygens (including phenoxy) is 2. The predicted octanol–water partition coefficient (Wildman–Crippen LogP) is 2.50. The Kier molecular flexibility index (Phi) is 7.94. The fourth-order valence-electron chi connectivity index (χ4n) is 3.95. The lowest BCUT2D eigenvalue weighted by Gasteiger charge is -2.30. The molecule has 3 aromatic rings. The summed E-state index contributed by atoms with van der Waals surface area (Å²) in [7, 11) is 2.90. The van der Waals surface area contributed by atoms with E-state index in [0.29, 0.717) is 9.20 Å². The SMILES string of the molecule is COC(=O)C=c1sc(=Cc2ccc3cc(OC)ccc3c2)c(=O)n1CC(=O)N(C(C)C)C(C)C. The van der Waals surface area contributed by atoms with E-state index in [1.165, 1.54) is 17.8 Å². The van der Waals surface area contributed by atoms with Gasteiger partial charge in [-0.1, -0.05) is 18.2 Å². The molecule has 7 nitrogen and oxygen atoms in total. The summed E-state index contributed by atoms with van der Waals surface area (Å²) in [4.78, 5) is 40.0. The van der Waals surface area contributed by atoms with Crippen LogP contribution in [0.3, 0.4) is 0 Å². The van der Waals surface area contributed by atoms with Crippen LogP contribution in [0.5, 0.6) is 5.75 Å². The number of hydrogen-bond acceptors (Lipinski definition) is 6. The molecule has 0 aliphatic carbocycles. The average molecular weight is 483 g/mol. The van der Waals surface area contributed by atoms with E-state index in [1.807, 2.05) is 64.1 Å². The lowest BCUT2D eigenvalue weighted by Crippen LogP contribution is -2.46. The highest BCUT2D eigenvalue weighted by Gasteiger charge is 2.21. The summed E-state index contributed by atoms with van der Waals surface area (Å²) in [6, 6.07) is 11.6. The Balaban J connectivity index is 2.10. The van der Waals surface area contributed by atoms with E-state index < -0.39 is 5.97 Å². The predicted molar refractivity (Wildman–Crippen MR) is 135 cm³/mol. The van der Waals surface area contributed by atoms with Crippen LogP contribution in [0.15, 0.2) is 41.2 Å². The van der Waals surface area contributed by atoms with Crippen LogP contribution in [0.2, 0.25) is 0 Å². The van der Waals surface area contributed by atoms with Gasteiger partial charge in [-0.2, -0.15) is 0 Å². The average Bonchev–Trinajstić information content (AvgIpc) is 3.06. The Labute approximate surface area is 202 Å². The summed E-state index contributed by atoms with van der Waals surface area (Å²) >= 11 is 1.15. The van der Waals surface area contributed by atoms with Gasteiger partial charge in [0.25, 0.3) is 5.56 Å². The number of fused-ring (bicyclic) bond motifs is 1. The fraction of sp³-hybridized carbons (Fsp3) is 0.346. The van der Waals surface area contributed by atoms with Crippen LogP contribution in [0.25, 0.3) is 22.9 Å². The number of esters is 1. The van der Waals surface area contributed by atoms with E-state index in [-0.39, 0.29) is 30.1 Å². The molecule has 2 aromatic carbocycles. The van der Waals surface area contributed by atoms with Crippen molar-refractivity contribution in [3.05, 3.63) is 61.5 Å². The minimum atomic E-state index is -0.585. The van der Waals surface area contributed by atoms with Crippen molar-refractivity contribution in [2.24, 2.45) is 0 Å². The Morgan fingerprint density at radius 1 is 1.03 bits per heavy atom. The van der Waals surface area contributed by atoms with Crippen LogP contribution in [-0.2, 0) is 20.9 Å². The lowest BCUT2D eigenvalue weighted by atomic mass is 10.1. The molecule has 0 aliphatic heterocycles. The third-order valence-corrected chi connectivity index (χ3v) is 6.50. The Bertz CT molecular complexity index is 1380. The Hall–Kier alpha value is -3.39. The maximum atomic E-state index is 13.3. The first kappa shape index (κ1) is 25.2. The standard InChI is InChI=1S/C26H30N2O5S/c1-16(2)28(17(3)4)23(29)15-27-24(14-25(30)33-6)34-22(26(27)31)12-18-7-8-20-13-21(32-5)10-9-19(20)11-18/h7-14,16-17H,15H2,1-6H3. The first-order chi connectivity index (χ1) is 16.1. The normalized spacial score (nSPS) is 12.6. The van der Waals surface area contributed by atoms with Crippen LogP contribution in [-0.4, -0.2) is 47.6 Å². The number of thiazole rings is 1. The number of methoxy groups -OCH3 is 2. The van der Waals surface area contributed by atoms with Crippen LogP contribution >= 0.6 is 11.3 Å². The third kappa shape index (κ3) is 5.56. The Morgan fingerprint density at radius 2 is 1.68 bits per heavy atom. The molecule has 1 heterocycles. The van der Waals surface area contributed by atoms with E-state index in [1.54, 1.807) is 18.1 Å². The van der Waals surface area contributed by atoms with E-state index in [2.05, 4.69) is 0 Å². The van der Waals surface area contributed by atoms with E-state index >= 15 is 0 Å². The van der Waals surface area contributed by atoms with Gasteiger partial charge in [0.05, 0.1) is 24.8 Å². The molecule has 1 aromatic heterocycles. The van der Waals surface area contributed by atoms with Gasteiger partial charge in [-0.3, -0.25) is 14.2 Å². The zero-order valence-corrected chi connectivity index (χ0v) is 21.1. The number of rotatable bonds is 7. The number of benzene rings is 2. The molecule has 0 radical (unpaired) electrons. The first-order valence-electron chi connectivity index (χ1n) is 11.0. The van der Waals surface area contributed by atoms with Gasteiger partial charge < -0.3 is 14.4 Å². The summed E-state index contributed by atoms with van der Waals surface area (Å²) in [5.41, 5.74) is 0.515. The maximum absolute atomic E-state index is 13.3. The molecule has 8 heteroatoms. The largest absolute Gasteiger partial charge is 0.497 e. The van der Waals surface area contributed by atoms with Gasteiger partial charge in [-0.15, -0.1) is 11.3 Å². The molecular formula is C26H30N2O5S. The molecule has 0 saturated carbocycles. The molecule has 180 valence electrons. The van der Waals surface area contributed by atoms with E-state index in [4.69, 9.17) is 9.47 Å². The molecule has 3 rings (SSSR count). The highest BCUT2D eigenvalue weighted by molar-refractivity contribution is 7.07. The van der Waals surface area contributed by atoms with E-state index in [0.717, 1.165) is 33.4 Å². The molecule has 0 N–H and O–H groups in total. The summed E-state index contributed by atoms with van der Waals surface area (Å²) in [5, 5.41) is 2.03. The molecule has 0 unspecified atom stereocenters. The van der Waals surface area contributed by atoms with Gasteiger partial charge >= 0.3 is 5.97 Å². The number of amides is 1. The highest BCUT2D eigenvalue weighted by Crippen LogP contribution is 2.22. The number of carbonyl (C=O) groups is 2. The fourth-order valence-corrected chi connectivity index (χ4v) is 4.98. The number of aromatic nitrogens is 1. The first-order valence-corrected chi connectivity index (χ1v) is 11.9. The van der Waals surface area contributed by atoms with E-state index in [9.17, 15) is 14.4 Å². The van der Waals surface area contributed by atoms with Gasteiger partial charge in [0.2, 0.25) is 5.91 Å². The van der Waals surface area contributed by atoms with Crippen LogP contribution in [0, 0.1) is 0 Å². The molecule has 0 bridgehead atoms. The summed E-state index contributed by atoms with van der Waals surface area (Å²) in [5.74, 6) is 0.00344. The topological polar surface area (TPSA) is 77.8 Å². The molecule has 34 heavy (non-hydrogen) atoms. The zero-order chi connectivity index (χ0) is 25.0. The second kappa shape index (κ2) is 10.7. The maximum Gasteiger partial charge on any atom is 0.333 e. The van der Waals surface area contributed by atoms with Crippen LogP contribution in [0.1, 0.15) is 33.3 Å². The quantitative estimate of drug-likeness (QED) is 0.484. The Morgan fingerprint density at radius 3 is 2.29 bits per heavy atom. The van der Waals surface area contributed by atoms with Crippen LogP contribution in [0.4, 0.5) is 0 Å². The zero-order valence-electron chi connectivity index (χ0n) is 20.3. The third-order valence-electron chi connectivity index (χ3n) is 5.44. The molecule has 0 spiro atoms. The summed E-state index contributed by atoms with van der Waals surface area (Å²) in [6.45, 7) is 7.59. The monoisotopic (exact) mass is 482 g/mol. The van der Waals surface area contributed by atoms with Gasteiger partial charge in [-0.25, -0.2) is 4.79 Å². The van der Waals surface area contributed by atoms with Crippen molar-refractivity contribution < 1.29 is 19.1 Å². The highest BCUT2D eigenvalue weighted by atomic mass is 32.1.